The van der Waals surface area contributed by atoms with Crippen molar-refractivity contribution in [1.82, 2.24) is 4.98 Å². The Morgan fingerprint density at radius 1 is 0.964 bits per heavy atom. The fourth-order valence-corrected chi connectivity index (χ4v) is 3.03. The van der Waals surface area contributed by atoms with Crippen LogP contribution >= 0.6 is 0 Å². The Morgan fingerprint density at radius 2 is 1.71 bits per heavy atom. The zero-order valence-electron chi connectivity index (χ0n) is 16.6. The molecule has 0 unspecified atom stereocenters. The van der Waals surface area contributed by atoms with E-state index in [1.54, 1.807) is 14.2 Å². The molecule has 1 aromatic carbocycles. The highest BCUT2D eigenvalue weighted by atomic mass is 16.5. The standard InChI is InChI=1S/C23H26N3O2/c1-17-8-11-25-20(14-17)21-15-19(9-12-26(21)13-10-24)5-4-18-6-7-22(27-2)23(16-18)28-3/h4-9,11-12,14-16H,10,13,24H2,1-3H3/q+1/b5-4+. The molecule has 0 fully saturated rings. The second-order valence-electron chi connectivity index (χ2n) is 6.49. The van der Waals surface area contributed by atoms with Crippen LogP contribution in [0.25, 0.3) is 23.5 Å². The maximum atomic E-state index is 5.78. The molecule has 0 aliphatic heterocycles. The van der Waals surface area contributed by atoms with Crippen molar-refractivity contribution in [3.63, 3.8) is 0 Å². The molecular weight excluding hydrogens is 350 g/mol. The van der Waals surface area contributed by atoms with E-state index in [2.05, 4.69) is 53.0 Å². The lowest BCUT2D eigenvalue weighted by Gasteiger charge is -2.07. The summed E-state index contributed by atoms with van der Waals surface area (Å²) in [6.45, 7) is 3.38. The number of aromatic nitrogens is 2. The molecule has 3 aromatic rings. The van der Waals surface area contributed by atoms with Gasteiger partial charge < -0.3 is 15.2 Å². The van der Waals surface area contributed by atoms with E-state index in [1.807, 2.05) is 30.5 Å². The summed E-state index contributed by atoms with van der Waals surface area (Å²) in [5, 5.41) is 0. The van der Waals surface area contributed by atoms with Crippen LogP contribution in [-0.4, -0.2) is 25.7 Å². The van der Waals surface area contributed by atoms with Crippen LogP contribution in [0.3, 0.4) is 0 Å². The molecule has 2 aromatic heterocycles. The summed E-state index contributed by atoms with van der Waals surface area (Å²) in [6.07, 6.45) is 8.02. The van der Waals surface area contributed by atoms with Gasteiger partial charge in [-0.3, -0.25) is 0 Å². The van der Waals surface area contributed by atoms with Gasteiger partial charge in [-0.05, 0) is 47.9 Å². The van der Waals surface area contributed by atoms with E-state index in [4.69, 9.17) is 15.2 Å². The molecule has 5 nitrogen and oxygen atoms in total. The third-order valence-electron chi connectivity index (χ3n) is 4.48. The van der Waals surface area contributed by atoms with Gasteiger partial charge in [0, 0.05) is 18.3 Å². The highest BCUT2D eigenvalue weighted by Gasteiger charge is 2.14. The number of ether oxygens (including phenoxy) is 2. The summed E-state index contributed by atoms with van der Waals surface area (Å²) in [7, 11) is 3.27. The molecule has 0 spiro atoms. The van der Waals surface area contributed by atoms with E-state index >= 15 is 0 Å². The zero-order valence-corrected chi connectivity index (χ0v) is 16.6. The lowest BCUT2D eigenvalue weighted by Crippen LogP contribution is -2.39. The molecule has 3 rings (SSSR count). The van der Waals surface area contributed by atoms with Gasteiger partial charge in [-0.2, -0.15) is 4.57 Å². The van der Waals surface area contributed by atoms with Crippen molar-refractivity contribution in [1.29, 1.82) is 0 Å². The minimum absolute atomic E-state index is 0.574. The van der Waals surface area contributed by atoms with Crippen molar-refractivity contribution in [2.24, 2.45) is 5.73 Å². The monoisotopic (exact) mass is 376 g/mol. The Bertz CT molecular complexity index is 983. The Balaban J connectivity index is 1.94. The Hall–Kier alpha value is -3.18. The first-order valence-electron chi connectivity index (χ1n) is 9.21. The first-order valence-corrected chi connectivity index (χ1v) is 9.21. The van der Waals surface area contributed by atoms with Crippen LogP contribution in [0, 0.1) is 6.92 Å². The third kappa shape index (κ3) is 4.56. The van der Waals surface area contributed by atoms with Crippen LogP contribution in [0.15, 0.2) is 54.9 Å². The second-order valence-corrected chi connectivity index (χ2v) is 6.49. The third-order valence-corrected chi connectivity index (χ3v) is 4.48. The van der Waals surface area contributed by atoms with Crippen LogP contribution < -0.4 is 19.8 Å². The molecule has 0 aliphatic rings. The lowest BCUT2D eigenvalue weighted by atomic mass is 10.1. The number of methoxy groups -OCH3 is 2. The highest BCUT2D eigenvalue weighted by Crippen LogP contribution is 2.28. The number of pyridine rings is 2. The molecule has 144 valence electrons. The Kier molecular flexibility index (Phi) is 6.40. The molecule has 0 aliphatic carbocycles. The minimum Gasteiger partial charge on any atom is -0.493 e. The fourth-order valence-electron chi connectivity index (χ4n) is 3.03. The van der Waals surface area contributed by atoms with Gasteiger partial charge in [0.2, 0.25) is 5.69 Å². The molecule has 0 saturated heterocycles. The van der Waals surface area contributed by atoms with E-state index in [0.29, 0.717) is 12.3 Å². The molecule has 0 bridgehead atoms. The topological polar surface area (TPSA) is 61.2 Å². The normalized spacial score (nSPS) is 11.0. The van der Waals surface area contributed by atoms with E-state index in [9.17, 15) is 0 Å². The Morgan fingerprint density at radius 3 is 2.39 bits per heavy atom. The quantitative estimate of drug-likeness (QED) is 0.641. The van der Waals surface area contributed by atoms with E-state index in [1.165, 1.54) is 5.56 Å². The van der Waals surface area contributed by atoms with Crippen molar-refractivity contribution < 1.29 is 14.0 Å². The molecule has 0 saturated carbocycles. The number of hydrogen-bond acceptors (Lipinski definition) is 4. The summed E-state index contributed by atoms with van der Waals surface area (Å²) in [5.74, 6) is 1.43. The van der Waals surface area contributed by atoms with Gasteiger partial charge in [0.05, 0.1) is 20.8 Å². The van der Waals surface area contributed by atoms with Crippen LogP contribution in [0.4, 0.5) is 0 Å². The summed E-state index contributed by atoms with van der Waals surface area (Å²) < 4.78 is 12.8. The summed E-state index contributed by atoms with van der Waals surface area (Å²) in [4.78, 5) is 4.54. The Labute approximate surface area is 166 Å². The van der Waals surface area contributed by atoms with Crippen LogP contribution in [0.1, 0.15) is 16.7 Å². The van der Waals surface area contributed by atoms with E-state index in [-0.39, 0.29) is 0 Å². The predicted octanol–water partition coefficient (Wildman–Crippen LogP) is 3.49. The van der Waals surface area contributed by atoms with Crippen molar-refractivity contribution in [2.75, 3.05) is 20.8 Å². The van der Waals surface area contributed by atoms with Gasteiger partial charge in [0.1, 0.15) is 5.69 Å². The summed E-state index contributed by atoms with van der Waals surface area (Å²) in [5.41, 5.74) is 11.1. The molecule has 28 heavy (non-hydrogen) atoms. The average molecular weight is 376 g/mol. The SMILES string of the molecule is COc1ccc(/C=C/c2cc[n+](CCN)c(-c3cc(C)ccn3)c2)cc1OC. The minimum atomic E-state index is 0.574. The average Bonchev–Trinajstić information content (AvgIpc) is 2.73. The number of rotatable bonds is 7. The molecule has 2 N–H and O–H groups in total. The van der Waals surface area contributed by atoms with E-state index in [0.717, 1.165) is 34.8 Å². The van der Waals surface area contributed by atoms with Gasteiger partial charge in [-0.15, -0.1) is 0 Å². The first kappa shape index (κ1) is 19.6. The lowest BCUT2D eigenvalue weighted by molar-refractivity contribution is -0.683. The van der Waals surface area contributed by atoms with Crippen molar-refractivity contribution in [3.8, 4) is 22.9 Å². The number of hydrogen-bond donors (Lipinski definition) is 1. The number of nitrogens with two attached hydrogens (primary N) is 1. The van der Waals surface area contributed by atoms with Crippen molar-refractivity contribution in [3.05, 3.63) is 71.5 Å². The number of benzene rings is 1. The van der Waals surface area contributed by atoms with Crippen LogP contribution in [-0.2, 0) is 6.54 Å². The van der Waals surface area contributed by atoms with Crippen molar-refractivity contribution in [2.45, 2.75) is 13.5 Å². The van der Waals surface area contributed by atoms with Gasteiger partial charge >= 0.3 is 0 Å². The van der Waals surface area contributed by atoms with E-state index < -0.39 is 0 Å². The maximum Gasteiger partial charge on any atom is 0.231 e. The van der Waals surface area contributed by atoms with Gasteiger partial charge in [-0.25, -0.2) is 4.98 Å². The molecular formula is C23H26N3O2+. The summed E-state index contributed by atoms with van der Waals surface area (Å²) >= 11 is 0. The molecule has 2 heterocycles. The van der Waals surface area contributed by atoms with Gasteiger partial charge in [-0.1, -0.05) is 18.2 Å². The zero-order chi connectivity index (χ0) is 19.9. The fraction of sp³-hybridized carbons (Fsp3) is 0.217. The molecule has 0 radical (unpaired) electrons. The molecule has 0 amide bonds. The largest absolute Gasteiger partial charge is 0.493 e. The maximum absolute atomic E-state index is 5.78. The van der Waals surface area contributed by atoms with Crippen molar-refractivity contribution >= 4 is 12.2 Å². The number of aryl methyl sites for hydroxylation is 1. The van der Waals surface area contributed by atoms with Crippen LogP contribution in [0.5, 0.6) is 11.5 Å². The number of nitrogens with zero attached hydrogens (tertiary/aromatic N) is 2. The molecule has 5 heteroatoms. The second kappa shape index (κ2) is 9.15. The van der Waals surface area contributed by atoms with Gasteiger partial charge in [0.25, 0.3) is 0 Å². The smallest absolute Gasteiger partial charge is 0.231 e. The summed E-state index contributed by atoms with van der Waals surface area (Å²) in [6, 6.07) is 14.2. The van der Waals surface area contributed by atoms with Gasteiger partial charge in [0.15, 0.2) is 24.2 Å². The van der Waals surface area contributed by atoms with Crippen LogP contribution in [0.2, 0.25) is 0 Å². The first-order chi connectivity index (χ1) is 13.6. The molecule has 0 atom stereocenters. The highest BCUT2D eigenvalue weighted by molar-refractivity contribution is 5.72. The predicted molar refractivity (Wildman–Crippen MR) is 112 cm³/mol.